The van der Waals surface area contributed by atoms with Gasteiger partial charge in [-0.05, 0) is 39.0 Å². The summed E-state index contributed by atoms with van der Waals surface area (Å²) in [6.07, 6.45) is 0.804. The number of carbonyl (C=O) groups excluding carboxylic acids is 1. The summed E-state index contributed by atoms with van der Waals surface area (Å²) in [6.45, 7) is 5.21. The summed E-state index contributed by atoms with van der Waals surface area (Å²) in [4.78, 5) is 11.9. The average Bonchev–Trinajstić information content (AvgIpc) is 2.67. The quantitative estimate of drug-likeness (QED) is 0.729. The summed E-state index contributed by atoms with van der Waals surface area (Å²) < 4.78 is 29.7. The Morgan fingerprint density at radius 3 is 2.38 bits per heavy atom. The van der Waals surface area contributed by atoms with Crippen LogP contribution in [0.15, 0.2) is 29.3 Å². The third-order valence-corrected chi connectivity index (χ3v) is 4.43. The Morgan fingerprint density at radius 2 is 1.86 bits per heavy atom. The van der Waals surface area contributed by atoms with Crippen LogP contribution in [0.4, 0.5) is 4.79 Å². The molecule has 0 saturated carbocycles. The van der Waals surface area contributed by atoms with Crippen molar-refractivity contribution >= 4 is 48.3 Å². The van der Waals surface area contributed by atoms with Crippen LogP contribution in [0.25, 0.3) is 10.9 Å². The first-order valence-corrected chi connectivity index (χ1v) is 8.67. The topological polar surface area (TPSA) is 65.4 Å². The molecule has 8 heteroatoms. The van der Waals surface area contributed by atoms with Crippen LogP contribution >= 0.6 is 22.3 Å². The van der Waals surface area contributed by atoms with E-state index in [1.807, 2.05) is 0 Å². The zero-order valence-electron chi connectivity index (χ0n) is 11.6. The number of nitrogens with zero attached hydrogens (tertiary/aromatic N) is 1. The summed E-state index contributed by atoms with van der Waals surface area (Å²) in [7, 11) is 1.37. The molecule has 5 nitrogen and oxygen atoms in total. The molecular weight excluding hydrogens is 337 g/mol. The van der Waals surface area contributed by atoms with Crippen molar-refractivity contribution in [3.05, 3.63) is 29.4 Å². The van der Waals surface area contributed by atoms with Crippen molar-refractivity contribution in [1.29, 1.82) is 0 Å². The van der Waals surface area contributed by atoms with E-state index in [1.165, 1.54) is 29.0 Å². The van der Waals surface area contributed by atoms with Crippen molar-refractivity contribution in [1.82, 2.24) is 4.57 Å². The summed E-state index contributed by atoms with van der Waals surface area (Å²) in [5, 5.41) is 0.266. The van der Waals surface area contributed by atoms with E-state index < -0.39 is 20.7 Å². The molecule has 0 radical (unpaired) electrons. The Morgan fingerprint density at radius 1 is 1.24 bits per heavy atom. The van der Waals surface area contributed by atoms with Crippen LogP contribution in [0.5, 0.6) is 0 Å². The molecule has 0 unspecified atom stereocenters. The zero-order chi connectivity index (χ0) is 16.0. The molecule has 2 rings (SSSR count). The van der Waals surface area contributed by atoms with Gasteiger partial charge in [-0.2, -0.15) is 0 Å². The van der Waals surface area contributed by atoms with E-state index in [4.69, 9.17) is 27.0 Å². The van der Waals surface area contributed by atoms with E-state index in [0.717, 1.165) is 0 Å². The van der Waals surface area contributed by atoms with Gasteiger partial charge in [-0.15, -0.1) is 0 Å². The first kappa shape index (κ1) is 16.1. The first-order valence-electron chi connectivity index (χ1n) is 5.98. The minimum Gasteiger partial charge on any atom is -0.443 e. The standard InChI is InChI=1S/C13H13Cl2NO4S/c1-13(2,3)20-12(17)16-7-6-8-10(16)5-4-9(14)11(8)21(15,18)19/h4-7H,1-3H3. The van der Waals surface area contributed by atoms with Gasteiger partial charge in [-0.1, -0.05) is 11.6 Å². The molecule has 0 aliphatic carbocycles. The molecule has 0 aliphatic rings. The number of carbonyl (C=O) groups is 1. The van der Waals surface area contributed by atoms with Crippen molar-refractivity contribution in [3.63, 3.8) is 0 Å². The predicted octanol–water partition coefficient (Wildman–Crippen LogP) is 4.01. The maximum absolute atomic E-state index is 12.1. The van der Waals surface area contributed by atoms with Gasteiger partial charge in [0.2, 0.25) is 0 Å². The average molecular weight is 350 g/mol. The summed E-state index contributed by atoms with van der Waals surface area (Å²) in [6, 6.07) is 4.37. The zero-order valence-corrected chi connectivity index (χ0v) is 13.9. The van der Waals surface area contributed by atoms with E-state index in [9.17, 15) is 13.2 Å². The number of halogens is 2. The lowest BCUT2D eigenvalue weighted by atomic mass is 10.2. The number of benzene rings is 1. The summed E-state index contributed by atoms with van der Waals surface area (Å²) in [5.41, 5.74) is -0.311. The van der Waals surface area contributed by atoms with Crippen LogP contribution < -0.4 is 0 Å². The van der Waals surface area contributed by atoms with Gasteiger partial charge in [0.1, 0.15) is 10.5 Å². The van der Waals surface area contributed by atoms with Crippen molar-refractivity contribution in [2.24, 2.45) is 0 Å². The fourth-order valence-corrected chi connectivity index (χ4v) is 3.70. The van der Waals surface area contributed by atoms with Gasteiger partial charge in [-0.25, -0.2) is 13.2 Å². The number of fused-ring (bicyclic) bond motifs is 1. The normalized spacial score (nSPS) is 12.6. The van der Waals surface area contributed by atoms with Gasteiger partial charge in [0, 0.05) is 22.3 Å². The van der Waals surface area contributed by atoms with Gasteiger partial charge >= 0.3 is 6.09 Å². The van der Waals surface area contributed by atoms with Crippen LogP contribution in [-0.4, -0.2) is 24.7 Å². The number of hydrogen-bond donors (Lipinski definition) is 0. The molecule has 1 aromatic heterocycles. The van der Waals surface area contributed by atoms with Crippen LogP contribution in [0.3, 0.4) is 0 Å². The second-order valence-electron chi connectivity index (χ2n) is 5.41. The predicted molar refractivity (Wildman–Crippen MR) is 81.6 cm³/mol. The smallest absolute Gasteiger partial charge is 0.418 e. The first-order chi connectivity index (χ1) is 9.50. The highest BCUT2D eigenvalue weighted by Crippen LogP contribution is 2.33. The number of hydrogen-bond acceptors (Lipinski definition) is 4. The van der Waals surface area contributed by atoms with Crippen molar-refractivity contribution in [3.8, 4) is 0 Å². The van der Waals surface area contributed by atoms with Crippen LogP contribution in [0, 0.1) is 0 Å². The molecule has 0 N–H and O–H groups in total. The molecule has 114 valence electrons. The van der Waals surface area contributed by atoms with E-state index in [2.05, 4.69) is 0 Å². The largest absolute Gasteiger partial charge is 0.443 e. The molecule has 0 bridgehead atoms. The SMILES string of the molecule is CC(C)(C)OC(=O)n1ccc2c(S(=O)(=O)Cl)c(Cl)ccc21. The Kier molecular flexibility index (Phi) is 3.99. The third-order valence-electron chi connectivity index (χ3n) is 2.61. The van der Waals surface area contributed by atoms with Crippen LogP contribution in [0.1, 0.15) is 20.8 Å². The molecule has 0 aliphatic heterocycles. The maximum atomic E-state index is 12.1. The highest BCUT2D eigenvalue weighted by Gasteiger charge is 2.23. The Balaban J connectivity index is 2.64. The van der Waals surface area contributed by atoms with E-state index in [1.54, 1.807) is 20.8 Å². The number of aromatic nitrogens is 1. The van der Waals surface area contributed by atoms with Crippen LogP contribution in [0.2, 0.25) is 5.02 Å². The van der Waals surface area contributed by atoms with E-state index in [-0.39, 0.29) is 15.3 Å². The monoisotopic (exact) mass is 349 g/mol. The fraction of sp³-hybridized carbons (Fsp3) is 0.308. The van der Waals surface area contributed by atoms with E-state index >= 15 is 0 Å². The number of ether oxygens (including phenoxy) is 1. The summed E-state index contributed by atoms with van der Waals surface area (Å²) >= 11 is 5.89. The molecule has 0 saturated heterocycles. The van der Waals surface area contributed by atoms with Gasteiger partial charge in [-0.3, -0.25) is 4.57 Å². The molecule has 0 amide bonds. The molecule has 1 heterocycles. The molecule has 21 heavy (non-hydrogen) atoms. The van der Waals surface area contributed by atoms with Gasteiger partial charge in [0.05, 0.1) is 10.5 Å². The highest BCUT2D eigenvalue weighted by molar-refractivity contribution is 8.14. The van der Waals surface area contributed by atoms with Crippen molar-refractivity contribution in [2.75, 3.05) is 0 Å². The van der Waals surface area contributed by atoms with Crippen molar-refractivity contribution in [2.45, 2.75) is 31.3 Å². The lowest BCUT2D eigenvalue weighted by Gasteiger charge is -2.19. The minimum atomic E-state index is -4.03. The molecular formula is C13H13Cl2NO4S. The summed E-state index contributed by atoms with van der Waals surface area (Å²) in [5.74, 6) is 0. The maximum Gasteiger partial charge on any atom is 0.418 e. The second-order valence-corrected chi connectivity index (χ2v) is 8.32. The van der Waals surface area contributed by atoms with Gasteiger partial charge < -0.3 is 4.74 Å². The van der Waals surface area contributed by atoms with E-state index in [0.29, 0.717) is 5.52 Å². The Bertz CT molecular complexity index is 819. The van der Waals surface area contributed by atoms with Crippen LogP contribution in [-0.2, 0) is 13.8 Å². The Hall–Kier alpha value is -1.24. The van der Waals surface area contributed by atoms with Crippen molar-refractivity contribution < 1.29 is 17.9 Å². The lowest BCUT2D eigenvalue weighted by Crippen LogP contribution is -2.26. The number of rotatable bonds is 1. The lowest BCUT2D eigenvalue weighted by molar-refractivity contribution is 0.0544. The minimum absolute atomic E-state index is 0.000520. The third kappa shape index (κ3) is 3.33. The molecule has 1 aromatic carbocycles. The molecule has 0 spiro atoms. The van der Waals surface area contributed by atoms with Gasteiger partial charge in [0.25, 0.3) is 9.05 Å². The fourth-order valence-electron chi connectivity index (χ4n) is 1.88. The second kappa shape index (κ2) is 5.19. The molecule has 0 atom stereocenters. The highest BCUT2D eigenvalue weighted by atomic mass is 35.7. The molecule has 0 fully saturated rings. The van der Waals surface area contributed by atoms with Gasteiger partial charge in [0.15, 0.2) is 0 Å². The Labute approximate surface area is 131 Å². The molecule has 2 aromatic rings.